The van der Waals surface area contributed by atoms with Crippen LogP contribution in [0.4, 0.5) is 24.5 Å². The van der Waals surface area contributed by atoms with Gasteiger partial charge in [-0.2, -0.15) is 13.2 Å². The van der Waals surface area contributed by atoms with E-state index in [4.69, 9.17) is 0 Å². The summed E-state index contributed by atoms with van der Waals surface area (Å²) >= 11 is 1.22. The summed E-state index contributed by atoms with van der Waals surface area (Å²) in [5.41, 5.74) is -0.197. The van der Waals surface area contributed by atoms with Gasteiger partial charge < -0.3 is 10.2 Å². The van der Waals surface area contributed by atoms with E-state index in [9.17, 15) is 34.8 Å². The van der Waals surface area contributed by atoms with E-state index in [0.29, 0.717) is 36.6 Å². The number of benzene rings is 1. The van der Waals surface area contributed by atoms with Gasteiger partial charge in [-0.15, -0.1) is 11.3 Å². The number of halogens is 3. The molecule has 1 aromatic heterocycles. The number of sulfone groups is 1. The largest absolute Gasteiger partial charge is 0.416 e. The van der Waals surface area contributed by atoms with Gasteiger partial charge in [0, 0.05) is 43.7 Å². The zero-order valence-corrected chi connectivity index (χ0v) is 22.4. The maximum absolute atomic E-state index is 13.3. The molecule has 3 heterocycles. The molecule has 2 saturated heterocycles. The Bertz CT molecular complexity index is 1360. The van der Waals surface area contributed by atoms with Gasteiger partial charge in [0.2, 0.25) is 10.0 Å². The monoisotopic (exact) mass is 580 g/mol. The van der Waals surface area contributed by atoms with Crippen LogP contribution in [0.3, 0.4) is 0 Å². The molecule has 1 aromatic carbocycles. The Hall–Kier alpha value is -2.23. The highest BCUT2D eigenvalue weighted by molar-refractivity contribution is 8.06. The Balaban J connectivity index is 1.46. The van der Waals surface area contributed by atoms with Crippen LogP contribution in [0.25, 0.3) is 0 Å². The lowest BCUT2D eigenvalue weighted by atomic mass is 9.99. The van der Waals surface area contributed by atoms with Gasteiger partial charge in [0.05, 0.1) is 21.9 Å². The molecule has 2 aliphatic heterocycles. The van der Waals surface area contributed by atoms with Crippen LogP contribution in [-0.2, 0) is 26.0 Å². The molecule has 0 radical (unpaired) electrons. The number of hydrogen-bond acceptors (Lipinski definition) is 8. The molecule has 0 atom stereocenters. The van der Waals surface area contributed by atoms with Gasteiger partial charge in [0.25, 0.3) is 5.91 Å². The minimum absolute atomic E-state index is 0.0666. The first-order chi connectivity index (χ1) is 17.2. The van der Waals surface area contributed by atoms with Crippen molar-refractivity contribution in [3.05, 3.63) is 39.8 Å². The van der Waals surface area contributed by atoms with E-state index in [1.165, 1.54) is 22.8 Å². The molecule has 204 valence electrons. The number of carbonyl (C=O) groups excluding carboxylic acids is 1. The lowest BCUT2D eigenvalue weighted by Crippen LogP contribution is -2.40. The van der Waals surface area contributed by atoms with Crippen molar-refractivity contribution < 1.29 is 34.8 Å². The first kappa shape index (κ1) is 27.8. The molecule has 37 heavy (non-hydrogen) atoms. The topological polar surface area (TPSA) is 117 Å². The highest BCUT2D eigenvalue weighted by Gasteiger charge is 2.33. The van der Waals surface area contributed by atoms with Crippen molar-refractivity contribution in [3.63, 3.8) is 0 Å². The summed E-state index contributed by atoms with van der Waals surface area (Å²) in [6, 6.07) is 3.32. The van der Waals surface area contributed by atoms with E-state index in [0.717, 1.165) is 35.5 Å². The van der Waals surface area contributed by atoms with Crippen molar-refractivity contribution in [1.82, 2.24) is 9.29 Å². The van der Waals surface area contributed by atoms with Crippen molar-refractivity contribution >= 4 is 48.5 Å². The fourth-order valence-electron chi connectivity index (χ4n) is 4.54. The van der Waals surface area contributed by atoms with Gasteiger partial charge >= 0.3 is 6.18 Å². The third-order valence-corrected chi connectivity index (χ3v) is 11.4. The third kappa shape index (κ3) is 6.81. The lowest BCUT2D eigenvalue weighted by Gasteiger charge is -2.30. The van der Waals surface area contributed by atoms with Crippen LogP contribution in [0.2, 0.25) is 0 Å². The molecule has 0 bridgehead atoms. The standard InChI is InChI=1S/C22H27F3N4O5S3/c1-36(31,32)14-37(33,34)29-10-6-15(7-11-29)21-27-18(13-35-21)20(30)26-17-12-16(22(23,24)25)4-5-19(17)28-8-2-3-9-28/h4-5,12-13,15H,2-3,6-11,14H2,1H3,(H,26,30). The van der Waals surface area contributed by atoms with E-state index < -0.39 is 42.6 Å². The Kier molecular flexibility index (Phi) is 7.89. The molecule has 0 unspecified atom stereocenters. The van der Waals surface area contributed by atoms with Crippen LogP contribution >= 0.6 is 11.3 Å². The Morgan fingerprint density at radius 2 is 1.76 bits per heavy atom. The van der Waals surface area contributed by atoms with E-state index in [-0.39, 0.29) is 30.4 Å². The molecule has 1 amide bonds. The number of nitrogens with zero attached hydrogens (tertiary/aromatic N) is 3. The molecule has 0 aliphatic carbocycles. The van der Waals surface area contributed by atoms with Crippen molar-refractivity contribution in [1.29, 1.82) is 0 Å². The number of anilines is 2. The number of aromatic nitrogens is 1. The normalized spacial score (nSPS) is 18.3. The van der Waals surface area contributed by atoms with E-state index in [2.05, 4.69) is 10.3 Å². The van der Waals surface area contributed by atoms with Crippen LogP contribution in [0.15, 0.2) is 23.6 Å². The van der Waals surface area contributed by atoms with Gasteiger partial charge in [0.15, 0.2) is 14.9 Å². The molecule has 9 nitrogen and oxygen atoms in total. The van der Waals surface area contributed by atoms with E-state index >= 15 is 0 Å². The number of sulfonamides is 1. The number of hydrogen-bond donors (Lipinski definition) is 1. The Morgan fingerprint density at radius 3 is 2.35 bits per heavy atom. The third-order valence-electron chi connectivity index (χ3n) is 6.33. The van der Waals surface area contributed by atoms with Crippen LogP contribution in [-0.4, -0.2) is 69.6 Å². The second kappa shape index (κ2) is 10.5. The number of carbonyl (C=O) groups is 1. The summed E-state index contributed by atoms with van der Waals surface area (Å²) in [5, 5.41) is 3.80. The number of nitrogens with one attached hydrogen (secondary N) is 1. The molecular weight excluding hydrogens is 553 g/mol. The average molecular weight is 581 g/mol. The molecule has 15 heteroatoms. The number of rotatable bonds is 7. The van der Waals surface area contributed by atoms with Crippen LogP contribution in [0.5, 0.6) is 0 Å². The predicted octanol–water partition coefficient (Wildman–Crippen LogP) is 3.53. The minimum Gasteiger partial charge on any atom is -0.370 e. The first-order valence-corrected chi connectivity index (χ1v) is 16.2. The summed E-state index contributed by atoms with van der Waals surface area (Å²) in [4.78, 5) is 19.3. The molecule has 0 saturated carbocycles. The number of thiazole rings is 1. The van der Waals surface area contributed by atoms with Gasteiger partial charge in [-0.3, -0.25) is 4.79 Å². The van der Waals surface area contributed by atoms with Gasteiger partial charge in [-0.25, -0.2) is 26.1 Å². The molecule has 2 fully saturated rings. The van der Waals surface area contributed by atoms with Crippen molar-refractivity contribution in [3.8, 4) is 0 Å². The fourth-order valence-corrected chi connectivity index (χ4v) is 9.04. The molecule has 4 rings (SSSR count). The highest BCUT2D eigenvalue weighted by Crippen LogP contribution is 2.37. The van der Waals surface area contributed by atoms with Crippen molar-refractivity contribution in [2.24, 2.45) is 0 Å². The van der Waals surface area contributed by atoms with Gasteiger partial charge in [-0.05, 0) is 43.9 Å². The zero-order chi connectivity index (χ0) is 27.0. The van der Waals surface area contributed by atoms with Gasteiger partial charge in [0.1, 0.15) is 5.69 Å². The van der Waals surface area contributed by atoms with Crippen molar-refractivity contribution in [2.75, 3.05) is 47.7 Å². The van der Waals surface area contributed by atoms with Gasteiger partial charge in [-0.1, -0.05) is 0 Å². The number of amides is 1. The zero-order valence-electron chi connectivity index (χ0n) is 20.0. The summed E-state index contributed by atoms with van der Waals surface area (Å²) in [6.07, 6.45) is -1.04. The summed E-state index contributed by atoms with van der Waals surface area (Å²) in [7, 11) is -7.63. The fraction of sp³-hybridized carbons (Fsp3) is 0.545. The Labute approximate surface area is 217 Å². The first-order valence-electron chi connectivity index (χ1n) is 11.6. The molecule has 2 aromatic rings. The lowest BCUT2D eigenvalue weighted by molar-refractivity contribution is -0.137. The number of piperidine rings is 1. The van der Waals surface area contributed by atoms with Crippen molar-refractivity contribution in [2.45, 2.75) is 37.8 Å². The second-order valence-electron chi connectivity index (χ2n) is 9.28. The maximum Gasteiger partial charge on any atom is 0.416 e. The molecular formula is C22H27F3N4O5S3. The van der Waals surface area contributed by atoms with Crippen LogP contribution in [0, 0.1) is 0 Å². The van der Waals surface area contributed by atoms with Crippen LogP contribution < -0.4 is 10.2 Å². The molecule has 2 aliphatic rings. The minimum atomic E-state index is -4.56. The summed E-state index contributed by atoms with van der Waals surface area (Å²) < 4.78 is 88.6. The SMILES string of the molecule is CS(=O)(=O)CS(=O)(=O)N1CCC(c2nc(C(=O)Nc3cc(C(F)(F)F)ccc3N3CCCC3)cs2)CC1. The van der Waals surface area contributed by atoms with Crippen LogP contribution in [0.1, 0.15) is 52.7 Å². The second-order valence-corrected chi connectivity index (χ2v) is 14.6. The quantitative estimate of drug-likeness (QED) is 0.533. The van der Waals surface area contributed by atoms with E-state index in [1.807, 2.05) is 4.90 Å². The molecule has 1 N–H and O–H groups in total. The highest BCUT2D eigenvalue weighted by atomic mass is 32.3. The predicted molar refractivity (Wildman–Crippen MR) is 135 cm³/mol. The number of alkyl halides is 3. The Morgan fingerprint density at radius 1 is 1.11 bits per heavy atom. The molecule has 0 spiro atoms. The average Bonchev–Trinajstić information content (AvgIpc) is 3.50. The smallest absolute Gasteiger partial charge is 0.370 e. The summed E-state index contributed by atoms with van der Waals surface area (Å²) in [5.74, 6) is -0.750. The maximum atomic E-state index is 13.3. The summed E-state index contributed by atoms with van der Waals surface area (Å²) in [6.45, 7) is 1.64. The van der Waals surface area contributed by atoms with E-state index in [1.54, 1.807) is 0 Å².